The van der Waals surface area contributed by atoms with E-state index in [2.05, 4.69) is 9.72 Å². The van der Waals surface area contributed by atoms with Crippen molar-refractivity contribution >= 4 is 41.3 Å². The monoisotopic (exact) mass is 732 g/mol. The van der Waals surface area contributed by atoms with Gasteiger partial charge in [0.05, 0.1) is 30.9 Å². The highest BCUT2D eigenvalue weighted by Crippen LogP contribution is 2.39. The summed E-state index contributed by atoms with van der Waals surface area (Å²) in [5.41, 5.74) is -1.22. The van der Waals surface area contributed by atoms with E-state index in [4.69, 9.17) is 37.4 Å². The maximum absolute atomic E-state index is 14.1. The van der Waals surface area contributed by atoms with Crippen molar-refractivity contribution in [2.45, 2.75) is 38.2 Å². The molecule has 9 nitrogen and oxygen atoms in total. The van der Waals surface area contributed by atoms with Crippen LogP contribution in [-0.4, -0.2) is 69.9 Å². The number of alkyl halides is 5. The number of nitrogens with one attached hydrogen (secondary N) is 1. The van der Waals surface area contributed by atoms with Gasteiger partial charge in [-0.1, -0.05) is 29.3 Å². The van der Waals surface area contributed by atoms with Crippen molar-refractivity contribution in [3.8, 4) is 11.5 Å². The van der Waals surface area contributed by atoms with Gasteiger partial charge in [-0.2, -0.15) is 22.0 Å². The minimum atomic E-state index is -4.86. The predicted molar refractivity (Wildman–Crippen MR) is 168 cm³/mol. The largest absolute Gasteiger partial charge is 0.489 e. The standard InChI is InChI=1S/C33H32Cl2F5N3O6/c34-26-16-41-17-27(35)25(26)15-29(21-3-4-28(49-32(36)37)30(13-21)47-18-20-1-2-20)48-31(45)22-11-23(33(38,39)40)14-24(12-22)43(19-44)6-5-42-7-9-46-10-8-42/h3-4,11-14,16-17,19-20,29,32H,1-2,5-10,15,18H2/p+1/t29-/m0/s1. The Morgan fingerprint density at radius 3 is 2.41 bits per heavy atom. The van der Waals surface area contributed by atoms with Gasteiger partial charge in [0.1, 0.15) is 16.1 Å². The minimum absolute atomic E-state index is 0.0346. The van der Waals surface area contributed by atoms with Crippen LogP contribution in [0.5, 0.6) is 11.5 Å². The Morgan fingerprint density at radius 2 is 1.78 bits per heavy atom. The molecule has 1 atom stereocenters. The predicted octanol–water partition coefficient (Wildman–Crippen LogP) is 6.65. The zero-order valence-electron chi connectivity index (χ0n) is 26.0. The second kappa shape index (κ2) is 16.3. The molecular weight excluding hydrogens is 700 g/mol. The van der Waals surface area contributed by atoms with Gasteiger partial charge < -0.3 is 23.8 Å². The first-order chi connectivity index (χ1) is 23.4. The molecule has 264 valence electrons. The van der Waals surface area contributed by atoms with Crippen molar-refractivity contribution in [1.29, 1.82) is 0 Å². The number of ether oxygens (including phenoxy) is 4. The molecule has 1 saturated heterocycles. The number of nitrogens with zero attached hydrogens (tertiary/aromatic N) is 2. The summed E-state index contributed by atoms with van der Waals surface area (Å²) < 4.78 is 90.2. The molecule has 16 heteroatoms. The number of aromatic nitrogens is 1. The molecule has 2 aromatic carbocycles. The molecule has 1 aliphatic carbocycles. The van der Waals surface area contributed by atoms with E-state index in [-0.39, 0.29) is 58.3 Å². The second-order valence-corrected chi connectivity index (χ2v) is 12.4. The number of amides is 1. The highest BCUT2D eigenvalue weighted by Gasteiger charge is 2.34. The first kappa shape index (κ1) is 36.6. The van der Waals surface area contributed by atoms with Crippen molar-refractivity contribution in [2.75, 3.05) is 50.9 Å². The molecule has 5 rings (SSSR count). The summed E-state index contributed by atoms with van der Waals surface area (Å²) in [6.07, 6.45) is -1.14. The average molecular weight is 734 g/mol. The molecule has 1 N–H and O–H groups in total. The summed E-state index contributed by atoms with van der Waals surface area (Å²) in [6.45, 7) is -0.283. The molecule has 1 aromatic heterocycles. The number of aromatic amines is 1. The first-order valence-electron chi connectivity index (χ1n) is 15.4. The van der Waals surface area contributed by atoms with Crippen molar-refractivity contribution in [2.24, 2.45) is 5.92 Å². The lowest BCUT2D eigenvalue weighted by Crippen LogP contribution is -2.41. The van der Waals surface area contributed by atoms with Crippen LogP contribution in [0, 0.1) is 5.92 Å². The third-order valence-corrected chi connectivity index (χ3v) is 8.74. The number of morpholine rings is 1. The van der Waals surface area contributed by atoms with E-state index in [0.717, 1.165) is 29.9 Å². The molecule has 2 aliphatic rings. The summed E-state index contributed by atoms with van der Waals surface area (Å²) >= 11 is 12.8. The zero-order chi connectivity index (χ0) is 35.1. The number of benzene rings is 2. The van der Waals surface area contributed by atoms with Crippen molar-refractivity contribution in [1.82, 2.24) is 4.90 Å². The Hall–Kier alpha value is -3.72. The number of carbonyl (C=O) groups excluding carboxylic acids is 2. The summed E-state index contributed by atoms with van der Waals surface area (Å²) in [4.78, 5) is 31.6. The smallest absolute Gasteiger partial charge is 0.416 e. The van der Waals surface area contributed by atoms with E-state index in [1.54, 1.807) is 0 Å². The van der Waals surface area contributed by atoms with Crippen LogP contribution in [0.25, 0.3) is 0 Å². The fourth-order valence-corrected chi connectivity index (χ4v) is 5.71. The van der Waals surface area contributed by atoms with Gasteiger partial charge in [-0.15, -0.1) is 0 Å². The first-order valence-corrected chi connectivity index (χ1v) is 16.2. The normalized spacial score (nSPS) is 15.9. The van der Waals surface area contributed by atoms with Crippen molar-refractivity contribution in [3.63, 3.8) is 0 Å². The molecule has 2 heterocycles. The molecule has 49 heavy (non-hydrogen) atoms. The van der Waals surface area contributed by atoms with Crippen LogP contribution in [0.15, 0.2) is 48.8 Å². The fraction of sp³-hybridized carbons (Fsp3) is 0.424. The third kappa shape index (κ3) is 10.2. The number of H-pyrrole nitrogens is 1. The highest BCUT2D eigenvalue weighted by molar-refractivity contribution is 6.35. The zero-order valence-corrected chi connectivity index (χ0v) is 27.5. The van der Waals surface area contributed by atoms with Crippen LogP contribution >= 0.6 is 23.2 Å². The van der Waals surface area contributed by atoms with E-state index in [1.165, 1.54) is 30.6 Å². The van der Waals surface area contributed by atoms with Crippen LogP contribution in [-0.2, 0) is 26.9 Å². The van der Waals surface area contributed by atoms with Gasteiger partial charge in [0.25, 0.3) is 0 Å². The van der Waals surface area contributed by atoms with E-state index < -0.39 is 36.0 Å². The van der Waals surface area contributed by atoms with E-state index >= 15 is 0 Å². The molecule has 0 radical (unpaired) electrons. The van der Waals surface area contributed by atoms with Gasteiger partial charge in [-0.3, -0.25) is 9.69 Å². The summed E-state index contributed by atoms with van der Waals surface area (Å²) in [7, 11) is 0. The fourth-order valence-electron chi connectivity index (χ4n) is 5.18. The number of rotatable bonds is 15. The Morgan fingerprint density at radius 1 is 1.06 bits per heavy atom. The van der Waals surface area contributed by atoms with Crippen molar-refractivity contribution in [3.05, 3.63) is 81.1 Å². The number of esters is 1. The van der Waals surface area contributed by atoms with Crippen molar-refractivity contribution < 1.29 is 55.5 Å². The highest BCUT2D eigenvalue weighted by atomic mass is 35.5. The molecule has 0 spiro atoms. The van der Waals surface area contributed by atoms with Gasteiger partial charge in [-0.25, -0.2) is 9.78 Å². The van der Waals surface area contributed by atoms with Crippen LogP contribution in [0.2, 0.25) is 10.0 Å². The van der Waals surface area contributed by atoms with Gasteiger partial charge in [0.2, 0.25) is 6.41 Å². The Labute approximate surface area is 288 Å². The van der Waals surface area contributed by atoms with Gasteiger partial charge >= 0.3 is 18.8 Å². The van der Waals surface area contributed by atoms with Crippen LogP contribution < -0.4 is 19.4 Å². The molecule has 0 bridgehead atoms. The molecule has 1 amide bonds. The maximum atomic E-state index is 14.1. The number of hydrogen-bond acceptors (Lipinski definition) is 7. The molecule has 1 aliphatic heterocycles. The number of pyridine rings is 1. The lowest BCUT2D eigenvalue weighted by Gasteiger charge is -2.29. The van der Waals surface area contributed by atoms with E-state index in [9.17, 15) is 31.5 Å². The molecule has 3 aromatic rings. The molecule has 0 unspecified atom stereocenters. The van der Waals surface area contributed by atoms with Gasteiger partial charge in [0, 0.05) is 43.9 Å². The number of hydrogen-bond donors (Lipinski definition) is 0. The SMILES string of the molecule is O=CN(CCN1CCOCC1)c1cc(C(=O)O[C@@H](Cc2c(Cl)c[nH+]cc2Cl)c2ccc(OC(F)F)c(OCC3CC3)c2)cc(C(F)(F)F)c1. The Balaban J connectivity index is 1.48. The van der Waals surface area contributed by atoms with Crippen LogP contribution in [0.1, 0.15) is 46.0 Å². The molecular formula is C33H33Cl2F5N3O6+. The van der Waals surface area contributed by atoms with Crippen LogP contribution in [0.4, 0.5) is 27.6 Å². The number of carbonyl (C=O) groups is 2. The molecule has 2 fully saturated rings. The lowest BCUT2D eigenvalue weighted by molar-refractivity contribution is -0.377. The topological polar surface area (TPSA) is 91.7 Å². The van der Waals surface area contributed by atoms with Gasteiger partial charge in [-0.05, 0) is 54.7 Å². The summed E-state index contributed by atoms with van der Waals surface area (Å²) in [5.74, 6) is -1.18. The minimum Gasteiger partial charge on any atom is -0.489 e. The Kier molecular flexibility index (Phi) is 12.2. The average Bonchev–Trinajstić information content (AvgIpc) is 3.90. The lowest BCUT2D eigenvalue weighted by atomic mass is 10.0. The van der Waals surface area contributed by atoms with E-state index in [1.807, 2.05) is 4.90 Å². The van der Waals surface area contributed by atoms with Gasteiger partial charge in [0.15, 0.2) is 23.9 Å². The molecule has 1 saturated carbocycles. The number of anilines is 1. The quantitative estimate of drug-likeness (QED) is 0.0982. The second-order valence-electron chi connectivity index (χ2n) is 11.6. The van der Waals surface area contributed by atoms with E-state index in [0.29, 0.717) is 50.9 Å². The summed E-state index contributed by atoms with van der Waals surface area (Å²) in [5, 5.41) is 0.360. The Bertz CT molecular complexity index is 1600. The van der Waals surface area contributed by atoms with Crippen LogP contribution in [0.3, 0.4) is 0 Å². The third-order valence-electron chi connectivity index (χ3n) is 8.06. The maximum Gasteiger partial charge on any atom is 0.416 e. The summed E-state index contributed by atoms with van der Waals surface area (Å²) in [6, 6.07) is 6.53. The number of halogens is 7.